The molecule has 2 aliphatic rings. The number of hydrogen-bond acceptors (Lipinski definition) is 4. The van der Waals surface area contributed by atoms with Crippen LogP contribution in [0.1, 0.15) is 24.8 Å². The molecule has 0 aromatic heterocycles. The van der Waals surface area contributed by atoms with Gasteiger partial charge in [0, 0.05) is 24.5 Å². The van der Waals surface area contributed by atoms with Crippen LogP contribution in [0.25, 0.3) is 0 Å². The first-order valence-corrected chi connectivity index (χ1v) is 9.53. The Hall–Kier alpha value is -0.550. The molecule has 2 fully saturated rings. The lowest BCUT2D eigenvalue weighted by Crippen LogP contribution is -2.52. The average molecular weight is 321 g/mol. The summed E-state index contributed by atoms with van der Waals surface area (Å²) in [5.74, 6) is 0. The number of hydrogen-bond donors (Lipinski definition) is 1. The summed E-state index contributed by atoms with van der Waals surface area (Å²) in [6, 6.07) is 8.90. The third-order valence-electron chi connectivity index (χ3n) is 5.25. The minimum absolute atomic E-state index is 0.136. The number of likely N-dealkylation sites (tertiary alicyclic amines) is 2. The van der Waals surface area contributed by atoms with Gasteiger partial charge in [0.05, 0.1) is 6.10 Å². The Morgan fingerprint density at radius 1 is 1.32 bits per heavy atom. The number of thioether (sulfide) groups is 1. The number of aliphatic hydroxyl groups excluding tert-OH is 1. The Labute approximate surface area is 138 Å². The lowest BCUT2D eigenvalue weighted by atomic mass is 9.71. The number of aliphatic hydroxyl groups is 1. The van der Waals surface area contributed by atoms with Crippen LogP contribution in [0.4, 0.5) is 0 Å². The Morgan fingerprint density at radius 2 is 2.09 bits per heavy atom. The van der Waals surface area contributed by atoms with Crippen molar-refractivity contribution >= 4 is 11.8 Å². The van der Waals surface area contributed by atoms with Gasteiger partial charge in [-0.05, 0) is 68.8 Å². The predicted molar refractivity (Wildman–Crippen MR) is 93.3 cm³/mol. The molecule has 4 heteroatoms. The molecule has 122 valence electrons. The van der Waals surface area contributed by atoms with Crippen molar-refractivity contribution in [2.45, 2.75) is 36.8 Å². The third kappa shape index (κ3) is 3.85. The second-order valence-corrected chi connectivity index (χ2v) is 8.06. The van der Waals surface area contributed by atoms with E-state index in [4.69, 9.17) is 0 Å². The number of likely N-dealkylation sites (N-methyl/N-ethyl adjacent to an activating group) is 1. The molecule has 0 bridgehead atoms. The Morgan fingerprint density at radius 3 is 2.77 bits per heavy atom. The highest BCUT2D eigenvalue weighted by Gasteiger charge is 2.40. The highest BCUT2D eigenvalue weighted by molar-refractivity contribution is 7.98. The molecule has 2 saturated heterocycles. The van der Waals surface area contributed by atoms with Crippen LogP contribution in [-0.2, 0) is 6.54 Å². The van der Waals surface area contributed by atoms with Gasteiger partial charge >= 0.3 is 0 Å². The number of rotatable bonds is 3. The van der Waals surface area contributed by atoms with Gasteiger partial charge in [0.1, 0.15) is 0 Å². The molecule has 0 aliphatic carbocycles. The van der Waals surface area contributed by atoms with E-state index in [9.17, 15) is 5.11 Å². The molecule has 1 N–H and O–H groups in total. The predicted octanol–water partition coefficient (Wildman–Crippen LogP) is 2.69. The topological polar surface area (TPSA) is 26.7 Å². The molecule has 2 heterocycles. The summed E-state index contributed by atoms with van der Waals surface area (Å²) in [6.07, 6.45) is 5.43. The summed E-state index contributed by atoms with van der Waals surface area (Å²) in [6.45, 7) is 5.36. The number of benzene rings is 1. The van der Waals surface area contributed by atoms with Crippen molar-refractivity contribution in [1.82, 2.24) is 9.80 Å². The van der Waals surface area contributed by atoms with Crippen LogP contribution in [0.3, 0.4) is 0 Å². The second kappa shape index (κ2) is 6.91. The maximum absolute atomic E-state index is 10.1. The average Bonchev–Trinajstić information content (AvgIpc) is 2.49. The van der Waals surface area contributed by atoms with Crippen LogP contribution in [0.5, 0.6) is 0 Å². The first kappa shape index (κ1) is 16.3. The Bertz CT molecular complexity index is 488. The highest BCUT2D eigenvalue weighted by atomic mass is 32.2. The van der Waals surface area contributed by atoms with Gasteiger partial charge < -0.3 is 10.0 Å². The minimum atomic E-state index is -0.136. The number of β-amino-alcohol motifs (C(OH)–C–C–N with tert-alkyl or cyclic N) is 1. The zero-order valence-corrected chi connectivity index (χ0v) is 14.6. The molecule has 1 spiro atoms. The smallest absolute Gasteiger partial charge is 0.0672 e. The third-order valence-corrected chi connectivity index (χ3v) is 5.98. The monoisotopic (exact) mass is 320 g/mol. The van der Waals surface area contributed by atoms with E-state index in [2.05, 4.69) is 47.4 Å². The molecule has 1 unspecified atom stereocenters. The van der Waals surface area contributed by atoms with Crippen molar-refractivity contribution in [2.24, 2.45) is 5.41 Å². The quantitative estimate of drug-likeness (QED) is 0.866. The van der Waals surface area contributed by atoms with E-state index in [1.165, 1.54) is 23.3 Å². The Kier molecular flexibility index (Phi) is 5.13. The molecular formula is C18H28N2OS. The fourth-order valence-corrected chi connectivity index (χ4v) is 4.69. The Balaban J connectivity index is 1.57. The summed E-state index contributed by atoms with van der Waals surface area (Å²) in [4.78, 5) is 6.24. The minimum Gasteiger partial charge on any atom is -0.392 e. The first-order valence-electron chi connectivity index (χ1n) is 8.30. The van der Waals surface area contributed by atoms with Crippen LogP contribution >= 0.6 is 11.8 Å². The maximum Gasteiger partial charge on any atom is 0.0672 e. The zero-order valence-electron chi connectivity index (χ0n) is 13.8. The first-order chi connectivity index (χ1) is 10.6. The van der Waals surface area contributed by atoms with Crippen molar-refractivity contribution in [3.05, 3.63) is 29.8 Å². The summed E-state index contributed by atoms with van der Waals surface area (Å²) < 4.78 is 0. The standard InChI is InChI=1S/C18H28N2OS/c1-19-13-16(21)11-18(14-19)6-8-20(9-7-18)12-15-4-3-5-17(10-15)22-2/h3-5,10,16,21H,6-9,11-14H2,1-2H3. The number of piperidine rings is 2. The molecule has 3 rings (SSSR count). The lowest BCUT2D eigenvalue weighted by molar-refractivity contribution is -0.0331. The van der Waals surface area contributed by atoms with Crippen molar-refractivity contribution in [3.8, 4) is 0 Å². The van der Waals surface area contributed by atoms with Crippen LogP contribution in [0.2, 0.25) is 0 Å². The van der Waals surface area contributed by atoms with Crippen LogP contribution in [-0.4, -0.2) is 60.5 Å². The summed E-state index contributed by atoms with van der Waals surface area (Å²) in [5.41, 5.74) is 1.77. The number of nitrogens with zero attached hydrogens (tertiary/aromatic N) is 2. The molecule has 22 heavy (non-hydrogen) atoms. The molecule has 1 aromatic rings. The fourth-order valence-electron chi connectivity index (χ4n) is 4.20. The molecule has 0 radical (unpaired) electrons. The second-order valence-electron chi connectivity index (χ2n) is 7.18. The lowest BCUT2D eigenvalue weighted by Gasteiger charge is -2.48. The van der Waals surface area contributed by atoms with Gasteiger partial charge in [-0.2, -0.15) is 0 Å². The van der Waals surface area contributed by atoms with Crippen molar-refractivity contribution < 1.29 is 5.11 Å². The van der Waals surface area contributed by atoms with Gasteiger partial charge in [-0.15, -0.1) is 11.8 Å². The molecule has 1 atom stereocenters. The van der Waals surface area contributed by atoms with Crippen LogP contribution < -0.4 is 0 Å². The van der Waals surface area contributed by atoms with Crippen LogP contribution in [0.15, 0.2) is 29.2 Å². The van der Waals surface area contributed by atoms with E-state index in [0.717, 1.165) is 39.1 Å². The molecular weight excluding hydrogens is 292 g/mol. The zero-order chi connectivity index (χ0) is 15.6. The van der Waals surface area contributed by atoms with Gasteiger partial charge in [-0.3, -0.25) is 4.90 Å². The molecule has 2 aliphatic heterocycles. The van der Waals surface area contributed by atoms with E-state index >= 15 is 0 Å². The van der Waals surface area contributed by atoms with Crippen molar-refractivity contribution in [3.63, 3.8) is 0 Å². The van der Waals surface area contributed by atoms with Gasteiger partial charge in [0.2, 0.25) is 0 Å². The SMILES string of the molecule is CSc1cccc(CN2CCC3(CC2)CC(O)CN(C)C3)c1. The van der Waals surface area contributed by atoms with E-state index in [1.54, 1.807) is 0 Å². The normalized spacial score (nSPS) is 26.4. The van der Waals surface area contributed by atoms with E-state index < -0.39 is 0 Å². The van der Waals surface area contributed by atoms with Crippen molar-refractivity contribution in [2.75, 3.05) is 39.5 Å². The molecule has 0 amide bonds. The highest BCUT2D eigenvalue weighted by Crippen LogP contribution is 2.39. The van der Waals surface area contributed by atoms with Gasteiger partial charge in [0.25, 0.3) is 0 Å². The molecule has 0 saturated carbocycles. The maximum atomic E-state index is 10.1. The van der Waals surface area contributed by atoms with E-state index in [-0.39, 0.29) is 6.10 Å². The largest absolute Gasteiger partial charge is 0.392 e. The summed E-state index contributed by atoms with van der Waals surface area (Å²) in [7, 11) is 2.14. The van der Waals surface area contributed by atoms with Gasteiger partial charge in [0.15, 0.2) is 0 Å². The van der Waals surface area contributed by atoms with Crippen molar-refractivity contribution in [1.29, 1.82) is 0 Å². The van der Waals surface area contributed by atoms with Gasteiger partial charge in [-0.25, -0.2) is 0 Å². The van der Waals surface area contributed by atoms with Crippen LogP contribution in [0, 0.1) is 5.41 Å². The van der Waals surface area contributed by atoms with E-state index in [0.29, 0.717) is 5.41 Å². The molecule has 3 nitrogen and oxygen atoms in total. The fraction of sp³-hybridized carbons (Fsp3) is 0.667. The summed E-state index contributed by atoms with van der Waals surface area (Å²) in [5, 5.41) is 10.1. The summed E-state index contributed by atoms with van der Waals surface area (Å²) >= 11 is 1.81. The van der Waals surface area contributed by atoms with Gasteiger partial charge in [-0.1, -0.05) is 12.1 Å². The molecule has 1 aromatic carbocycles. The van der Waals surface area contributed by atoms with E-state index in [1.807, 2.05) is 11.8 Å².